The van der Waals surface area contributed by atoms with Gasteiger partial charge < -0.3 is 5.32 Å². The standard InChI is InChI=1S/C20H15ClN4O2/c21-18-7-2-1-6-17(18)20(27)24-15-10-8-14(9-11-15)19(26)25-23-13-16-5-3-4-12-22-16/h1-13H,(H,24,27)(H,25,26). The third-order valence-electron chi connectivity index (χ3n) is 3.57. The number of amides is 2. The Labute approximate surface area is 160 Å². The van der Waals surface area contributed by atoms with Crippen LogP contribution in [0.2, 0.25) is 5.02 Å². The predicted octanol–water partition coefficient (Wildman–Crippen LogP) is 3.75. The van der Waals surface area contributed by atoms with Crippen molar-refractivity contribution < 1.29 is 9.59 Å². The van der Waals surface area contributed by atoms with E-state index in [9.17, 15) is 9.59 Å². The summed E-state index contributed by atoms with van der Waals surface area (Å²) in [5.74, 6) is -0.691. The van der Waals surface area contributed by atoms with E-state index in [2.05, 4.69) is 20.8 Å². The molecule has 0 aliphatic heterocycles. The Morgan fingerprint density at radius 2 is 1.67 bits per heavy atom. The minimum absolute atomic E-state index is 0.322. The predicted molar refractivity (Wildman–Crippen MR) is 105 cm³/mol. The van der Waals surface area contributed by atoms with Crippen molar-refractivity contribution in [2.24, 2.45) is 5.10 Å². The fourth-order valence-corrected chi connectivity index (χ4v) is 2.44. The van der Waals surface area contributed by atoms with Crippen LogP contribution in [0, 0.1) is 0 Å². The number of hydrogen-bond acceptors (Lipinski definition) is 4. The zero-order valence-electron chi connectivity index (χ0n) is 14.1. The van der Waals surface area contributed by atoms with Gasteiger partial charge in [0.25, 0.3) is 11.8 Å². The highest BCUT2D eigenvalue weighted by atomic mass is 35.5. The first-order chi connectivity index (χ1) is 13.1. The Morgan fingerprint density at radius 1 is 0.926 bits per heavy atom. The Morgan fingerprint density at radius 3 is 2.37 bits per heavy atom. The molecule has 0 atom stereocenters. The lowest BCUT2D eigenvalue weighted by atomic mass is 10.1. The van der Waals surface area contributed by atoms with Crippen LogP contribution in [0.15, 0.2) is 78.0 Å². The van der Waals surface area contributed by atoms with Gasteiger partial charge in [-0.2, -0.15) is 5.10 Å². The first-order valence-corrected chi connectivity index (χ1v) is 8.41. The van der Waals surface area contributed by atoms with Gasteiger partial charge in [0.2, 0.25) is 0 Å². The van der Waals surface area contributed by atoms with Crippen molar-refractivity contribution >= 4 is 35.3 Å². The molecule has 3 rings (SSSR count). The van der Waals surface area contributed by atoms with Gasteiger partial charge in [-0.05, 0) is 48.5 Å². The van der Waals surface area contributed by atoms with Gasteiger partial charge >= 0.3 is 0 Å². The summed E-state index contributed by atoms with van der Waals surface area (Å²) in [6.45, 7) is 0. The molecule has 0 saturated heterocycles. The summed E-state index contributed by atoms with van der Waals surface area (Å²) in [5.41, 5.74) is 4.40. The second-order valence-electron chi connectivity index (χ2n) is 5.47. The number of nitrogens with one attached hydrogen (secondary N) is 2. The van der Waals surface area contributed by atoms with Crippen molar-refractivity contribution in [2.75, 3.05) is 5.32 Å². The quantitative estimate of drug-likeness (QED) is 0.524. The Bertz CT molecular complexity index is 973. The topological polar surface area (TPSA) is 83.4 Å². The van der Waals surface area contributed by atoms with Crippen molar-refractivity contribution in [1.29, 1.82) is 0 Å². The van der Waals surface area contributed by atoms with Crippen LogP contribution in [0.1, 0.15) is 26.4 Å². The van der Waals surface area contributed by atoms with Crippen LogP contribution < -0.4 is 10.7 Å². The van der Waals surface area contributed by atoms with Crippen LogP contribution in [-0.4, -0.2) is 23.0 Å². The monoisotopic (exact) mass is 378 g/mol. The zero-order valence-corrected chi connectivity index (χ0v) is 14.9. The third kappa shape index (κ3) is 4.99. The molecule has 134 valence electrons. The molecule has 0 fully saturated rings. The van der Waals surface area contributed by atoms with Crippen molar-refractivity contribution in [2.45, 2.75) is 0 Å². The summed E-state index contributed by atoms with van der Waals surface area (Å²) in [4.78, 5) is 28.4. The molecule has 2 N–H and O–H groups in total. The lowest BCUT2D eigenvalue weighted by Crippen LogP contribution is -2.18. The number of anilines is 1. The van der Waals surface area contributed by atoms with Gasteiger partial charge in [-0.25, -0.2) is 5.43 Å². The normalized spacial score (nSPS) is 10.6. The average molecular weight is 379 g/mol. The smallest absolute Gasteiger partial charge is 0.271 e. The largest absolute Gasteiger partial charge is 0.322 e. The van der Waals surface area contributed by atoms with Gasteiger partial charge in [0, 0.05) is 17.4 Å². The van der Waals surface area contributed by atoms with E-state index in [-0.39, 0.29) is 11.8 Å². The fraction of sp³-hybridized carbons (Fsp3) is 0. The van der Waals surface area contributed by atoms with E-state index in [1.165, 1.54) is 6.21 Å². The van der Waals surface area contributed by atoms with Gasteiger partial charge in [0.15, 0.2) is 0 Å². The fourth-order valence-electron chi connectivity index (χ4n) is 2.22. The van der Waals surface area contributed by atoms with E-state index in [0.717, 1.165) is 0 Å². The molecule has 0 bridgehead atoms. The summed E-state index contributed by atoms with van der Waals surface area (Å²) in [5, 5.41) is 6.98. The maximum Gasteiger partial charge on any atom is 0.271 e. The van der Waals surface area contributed by atoms with Crippen LogP contribution in [0.4, 0.5) is 5.69 Å². The highest BCUT2D eigenvalue weighted by molar-refractivity contribution is 6.34. The Kier molecular flexibility index (Phi) is 5.91. The number of rotatable bonds is 5. The molecule has 0 saturated carbocycles. The van der Waals surface area contributed by atoms with Gasteiger partial charge in [-0.3, -0.25) is 14.6 Å². The number of hydrogen-bond donors (Lipinski definition) is 2. The van der Waals surface area contributed by atoms with Gasteiger partial charge in [-0.1, -0.05) is 29.8 Å². The lowest BCUT2D eigenvalue weighted by molar-refractivity contribution is 0.0954. The van der Waals surface area contributed by atoms with E-state index in [0.29, 0.717) is 27.5 Å². The van der Waals surface area contributed by atoms with E-state index in [1.54, 1.807) is 66.9 Å². The summed E-state index contributed by atoms with van der Waals surface area (Å²) in [7, 11) is 0. The van der Waals surface area contributed by atoms with E-state index >= 15 is 0 Å². The molecule has 1 aromatic heterocycles. The molecule has 2 amide bonds. The molecule has 0 aliphatic rings. The van der Waals surface area contributed by atoms with Gasteiger partial charge in [-0.15, -0.1) is 0 Å². The first kappa shape index (κ1) is 18.3. The van der Waals surface area contributed by atoms with Crippen LogP contribution in [-0.2, 0) is 0 Å². The molecule has 0 spiro atoms. The molecule has 27 heavy (non-hydrogen) atoms. The summed E-state index contributed by atoms with van der Waals surface area (Å²) in [6, 6.07) is 18.6. The van der Waals surface area contributed by atoms with Crippen molar-refractivity contribution in [1.82, 2.24) is 10.4 Å². The lowest BCUT2D eigenvalue weighted by Gasteiger charge is -2.07. The summed E-state index contributed by atoms with van der Waals surface area (Å²) >= 11 is 6.01. The summed E-state index contributed by atoms with van der Waals surface area (Å²) < 4.78 is 0. The first-order valence-electron chi connectivity index (χ1n) is 8.04. The molecular weight excluding hydrogens is 364 g/mol. The number of halogens is 1. The maximum atomic E-state index is 12.2. The number of carbonyl (C=O) groups excluding carboxylic acids is 2. The third-order valence-corrected chi connectivity index (χ3v) is 3.90. The summed E-state index contributed by atoms with van der Waals surface area (Å²) in [6.07, 6.45) is 3.09. The molecular formula is C20H15ClN4O2. The van der Waals surface area contributed by atoms with Crippen LogP contribution in [0.3, 0.4) is 0 Å². The van der Waals surface area contributed by atoms with E-state index in [4.69, 9.17) is 11.6 Å². The minimum Gasteiger partial charge on any atom is -0.322 e. The van der Waals surface area contributed by atoms with Gasteiger partial charge in [0.1, 0.15) is 0 Å². The van der Waals surface area contributed by atoms with Crippen molar-refractivity contribution in [3.8, 4) is 0 Å². The highest BCUT2D eigenvalue weighted by Crippen LogP contribution is 2.17. The van der Waals surface area contributed by atoms with Crippen molar-refractivity contribution in [3.05, 3.63) is 94.8 Å². The average Bonchev–Trinajstić information content (AvgIpc) is 2.69. The van der Waals surface area contributed by atoms with E-state index in [1.807, 2.05) is 6.07 Å². The SMILES string of the molecule is O=C(NN=Cc1ccccn1)c1ccc(NC(=O)c2ccccc2Cl)cc1. The molecule has 7 heteroatoms. The molecule has 0 radical (unpaired) electrons. The number of aromatic nitrogens is 1. The Balaban J connectivity index is 1.59. The van der Waals surface area contributed by atoms with E-state index < -0.39 is 0 Å². The number of hydrazone groups is 1. The molecule has 6 nitrogen and oxygen atoms in total. The molecule has 1 heterocycles. The molecule has 2 aromatic carbocycles. The zero-order chi connectivity index (χ0) is 19.1. The number of carbonyl (C=O) groups is 2. The number of benzene rings is 2. The van der Waals surface area contributed by atoms with Crippen molar-refractivity contribution in [3.63, 3.8) is 0 Å². The second kappa shape index (κ2) is 8.73. The molecule has 0 unspecified atom stereocenters. The van der Waals surface area contributed by atoms with Gasteiger partial charge in [0.05, 0.1) is 22.5 Å². The van der Waals surface area contributed by atoms with Crippen LogP contribution in [0.25, 0.3) is 0 Å². The second-order valence-corrected chi connectivity index (χ2v) is 5.87. The minimum atomic E-state index is -0.369. The molecule has 3 aromatic rings. The number of nitrogens with zero attached hydrogens (tertiary/aromatic N) is 2. The van der Waals surface area contributed by atoms with Crippen LogP contribution >= 0.6 is 11.6 Å². The van der Waals surface area contributed by atoms with Crippen LogP contribution in [0.5, 0.6) is 0 Å². The maximum absolute atomic E-state index is 12.2. The molecule has 0 aliphatic carbocycles. The number of pyridine rings is 1. The highest BCUT2D eigenvalue weighted by Gasteiger charge is 2.10. The Hall–Kier alpha value is -3.51.